The molecule has 0 aliphatic carbocycles. The molecule has 0 saturated heterocycles. The molecular weight excluding hydrogens is 749 g/mol. The summed E-state index contributed by atoms with van der Waals surface area (Å²) in [6.45, 7) is 0. The molecule has 62 heavy (non-hydrogen) atoms. The van der Waals surface area contributed by atoms with Gasteiger partial charge < -0.3 is 9.47 Å². The van der Waals surface area contributed by atoms with Gasteiger partial charge in [0.05, 0.1) is 22.4 Å². The fourth-order valence-corrected chi connectivity index (χ4v) is 9.10. The minimum Gasteiger partial charge on any atom is -0.309 e. The quantitative estimate of drug-likeness (QED) is 0.141. The highest BCUT2D eigenvalue weighted by Gasteiger charge is 2.25. The molecule has 0 radical (unpaired) electrons. The number of fused-ring (bicyclic) bond motifs is 3. The summed E-state index contributed by atoms with van der Waals surface area (Å²) in [6.07, 6.45) is 0. The molecule has 0 amide bonds. The van der Waals surface area contributed by atoms with Crippen molar-refractivity contribution in [1.29, 1.82) is 0 Å². The fraction of sp³-hybridized carbons (Fsp3) is 0. The molecule has 0 spiro atoms. The van der Waals surface area contributed by atoms with Gasteiger partial charge in [0.15, 0.2) is 0 Å². The third-order valence-electron chi connectivity index (χ3n) is 12.0. The summed E-state index contributed by atoms with van der Waals surface area (Å²) in [4.78, 5) is 2.49. The molecule has 0 bridgehead atoms. The van der Waals surface area contributed by atoms with Crippen molar-refractivity contribution < 1.29 is 0 Å². The SMILES string of the molecule is c1ccc(-c2ccc(-c3ccc(N(c4ccc5c6ccccc6n(-c6ccccc6)c5c4)c4cccc(-c5ccccc5)c4-c4ccccc4)c(-c4ccccc4)c3)cc2)cc1. The van der Waals surface area contributed by atoms with E-state index in [2.05, 4.69) is 264 Å². The Hall–Kier alpha value is -8.20. The van der Waals surface area contributed by atoms with E-state index in [0.717, 1.165) is 50.5 Å². The van der Waals surface area contributed by atoms with Crippen molar-refractivity contribution in [1.82, 2.24) is 4.57 Å². The standard InChI is InChI=1S/C60H42N2/c1-6-19-43(20-7-1)44-33-35-45(36-34-44)49-37-40-57(55(41-49)47-23-10-3-11-24-47)62(58-32-18-30-52(46-21-8-2-9-22-46)60(58)48-25-12-4-13-26-48)51-38-39-54-53-29-16-17-31-56(53)61(59(54)42-51)50-27-14-5-15-28-50/h1-42H. The van der Waals surface area contributed by atoms with E-state index in [1.807, 2.05) is 0 Å². The molecule has 2 nitrogen and oxygen atoms in total. The van der Waals surface area contributed by atoms with Crippen LogP contribution in [-0.4, -0.2) is 4.57 Å². The van der Waals surface area contributed by atoms with E-state index in [4.69, 9.17) is 0 Å². The second-order valence-electron chi connectivity index (χ2n) is 15.7. The van der Waals surface area contributed by atoms with E-state index >= 15 is 0 Å². The van der Waals surface area contributed by atoms with E-state index in [9.17, 15) is 0 Å². The van der Waals surface area contributed by atoms with Gasteiger partial charge in [0.25, 0.3) is 0 Å². The number of rotatable bonds is 9. The molecule has 0 saturated carbocycles. The Morgan fingerprint density at radius 2 is 0.774 bits per heavy atom. The van der Waals surface area contributed by atoms with Crippen LogP contribution in [0.2, 0.25) is 0 Å². The number of hydrogen-bond donors (Lipinski definition) is 0. The van der Waals surface area contributed by atoms with Crippen LogP contribution < -0.4 is 4.90 Å². The summed E-state index contributed by atoms with van der Waals surface area (Å²) in [5.74, 6) is 0. The maximum Gasteiger partial charge on any atom is 0.0561 e. The Kier molecular flexibility index (Phi) is 9.57. The van der Waals surface area contributed by atoms with E-state index in [1.165, 1.54) is 49.7 Å². The van der Waals surface area contributed by atoms with Gasteiger partial charge in [-0.25, -0.2) is 0 Å². The number of nitrogens with zero attached hydrogens (tertiary/aromatic N) is 2. The number of hydrogen-bond acceptors (Lipinski definition) is 1. The molecule has 10 aromatic carbocycles. The average molecular weight is 791 g/mol. The van der Waals surface area contributed by atoms with Crippen LogP contribution in [0.4, 0.5) is 17.1 Å². The van der Waals surface area contributed by atoms with Gasteiger partial charge in [-0.2, -0.15) is 0 Å². The zero-order valence-electron chi connectivity index (χ0n) is 34.1. The zero-order valence-corrected chi connectivity index (χ0v) is 34.1. The van der Waals surface area contributed by atoms with Gasteiger partial charge in [0.2, 0.25) is 0 Å². The summed E-state index contributed by atoms with van der Waals surface area (Å²) >= 11 is 0. The third-order valence-corrected chi connectivity index (χ3v) is 12.0. The molecule has 0 fully saturated rings. The fourth-order valence-electron chi connectivity index (χ4n) is 9.10. The number of para-hydroxylation sites is 2. The smallest absolute Gasteiger partial charge is 0.0561 e. The molecule has 0 unspecified atom stereocenters. The first-order chi connectivity index (χ1) is 30.8. The van der Waals surface area contributed by atoms with Crippen molar-refractivity contribution in [3.8, 4) is 61.3 Å². The van der Waals surface area contributed by atoms with Crippen molar-refractivity contribution in [3.05, 3.63) is 255 Å². The molecular formula is C60H42N2. The lowest BCUT2D eigenvalue weighted by molar-refractivity contribution is 1.18. The molecule has 1 heterocycles. The van der Waals surface area contributed by atoms with E-state index < -0.39 is 0 Å². The Morgan fingerprint density at radius 1 is 0.274 bits per heavy atom. The normalized spacial score (nSPS) is 11.2. The van der Waals surface area contributed by atoms with E-state index in [1.54, 1.807) is 0 Å². The molecule has 292 valence electrons. The van der Waals surface area contributed by atoms with Gasteiger partial charge in [0, 0.05) is 33.3 Å². The van der Waals surface area contributed by atoms with Crippen LogP contribution in [-0.2, 0) is 0 Å². The molecule has 11 rings (SSSR count). The van der Waals surface area contributed by atoms with Gasteiger partial charge >= 0.3 is 0 Å². The van der Waals surface area contributed by atoms with Crippen LogP contribution >= 0.6 is 0 Å². The molecule has 0 aliphatic rings. The Morgan fingerprint density at radius 3 is 1.44 bits per heavy atom. The Bertz CT molecular complexity index is 3300. The lowest BCUT2D eigenvalue weighted by Gasteiger charge is -2.31. The summed E-state index contributed by atoms with van der Waals surface area (Å²) in [5, 5.41) is 2.44. The Labute approximate surface area is 362 Å². The molecule has 0 N–H and O–H groups in total. The number of aromatic nitrogens is 1. The molecule has 11 aromatic rings. The number of benzene rings is 10. The van der Waals surface area contributed by atoms with Crippen LogP contribution in [0, 0.1) is 0 Å². The maximum absolute atomic E-state index is 2.49. The largest absolute Gasteiger partial charge is 0.309 e. The molecule has 2 heteroatoms. The van der Waals surface area contributed by atoms with Crippen molar-refractivity contribution in [2.45, 2.75) is 0 Å². The maximum atomic E-state index is 2.49. The van der Waals surface area contributed by atoms with Gasteiger partial charge in [0.1, 0.15) is 0 Å². The van der Waals surface area contributed by atoms with Crippen molar-refractivity contribution in [3.63, 3.8) is 0 Å². The summed E-state index contributed by atoms with van der Waals surface area (Å²) in [6, 6.07) is 92.2. The second kappa shape index (κ2) is 16.1. The van der Waals surface area contributed by atoms with Gasteiger partial charge in [-0.15, -0.1) is 0 Å². The van der Waals surface area contributed by atoms with Crippen molar-refractivity contribution >= 4 is 38.9 Å². The van der Waals surface area contributed by atoms with Gasteiger partial charge in [-0.1, -0.05) is 206 Å². The predicted molar refractivity (Wildman–Crippen MR) is 263 cm³/mol. The first-order valence-electron chi connectivity index (χ1n) is 21.3. The highest BCUT2D eigenvalue weighted by atomic mass is 15.2. The predicted octanol–water partition coefficient (Wildman–Crippen LogP) is 16.6. The minimum absolute atomic E-state index is 1.07. The topological polar surface area (TPSA) is 8.17 Å². The Balaban J connectivity index is 1.19. The summed E-state index contributed by atoms with van der Waals surface area (Å²) in [7, 11) is 0. The first-order valence-corrected chi connectivity index (χ1v) is 21.3. The van der Waals surface area contributed by atoms with Crippen molar-refractivity contribution in [2.75, 3.05) is 4.90 Å². The third kappa shape index (κ3) is 6.74. The van der Waals surface area contributed by atoms with Crippen LogP contribution in [0.3, 0.4) is 0 Å². The van der Waals surface area contributed by atoms with Gasteiger partial charge in [-0.3, -0.25) is 0 Å². The minimum atomic E-state index is 1.07. The lowest BCUT2D eigenvalue weighted by atomic mass is 9.91. The highest BCUT2D eigenvalue weighted by molar-refractivity contribution is 6.11. The van der Waals surface area contributed by atoms with Crippen LogP contribution in [0.5, 0.6) is 0 Å². The average Bonchev–Trinajstić information content (AvgIpc) is 3.69. The van der Waals surface area contributed by atoms with Crippen LogP contribution in [0.1, 0.15) is 0 Å². The van der Waals surface area contributed by atoms with Crippen LogP contribution in [0.15, 0.2) is 255 Å². The van der Waals surface area contributed by atoms with E-state index in [0.29, 0.717) is 0 Å². The monoisotopic (exact) mass is 790 g/mol. The van der Waals surface area contributed by atoms with Crippen molar-refractivity contribution in [2.24, 2.45) is 0 Å². The zero-order chi connectivity index (χ0) is 41.2. The van der Waals surface area contributed by atoms with Gasteiger partial charge in [-0.05, 0) is 93.0 Å². The highest BCUT2D eigenvalue weighted by Crippen LogP contribution is 2.49. The molecule has 0 atom stereocenters. The summed E-state index contributed by atoms with van der Waals surface area (Å²) < 4.78 is 2.41. The molecule has 1 aromatic heterocycles. The second-order valence-corrected chi connectivity index (χ2v) is 15.7. The van der Waals surface area contributed by atoms with E-state index in [-0.39, 0.29) is 0 Å². The number of anilines is 3. The lowest BCUT2D eigenvalue weighted by Crippen LogP contribution is -2.13. The molecule has 0 aliphatic heterocycles. The first kappa shape index (κ1) is 36.8. The summed E-state index contributed by atoms with van der Waals surface area (Å²) in [5.41, 5.74) is 18.4. The van der Waals surface area contributed by atoms with Crippen LogP contribution in [0.25, 0.3) is 83.1 Å².